The van der Waals surface area contributed by atoms with E-state index in [-0.39, 0.29) is 17.2 Å². The third-order valence-electron chi connectivity index (χ3n) is 4.38. The van der Waals surface area contributed by atoms with Gasteiger partial charge in [0, 0.05) is 11.6 Å². The molecule has 1 aromatic carbocycles. The number of nitrogens with two attached hydrogens (primary N) is 1. The van der Waals surface area contributed by atoms with Crippen LogP contribution in [0.25, 0.3) is 21.4 Å². The fraction of sp³-hybridized carbons (Fsp3) is 0.105. The van der Waals surface area contributed by atoms with Crippen molar-refractivity contribution in [2.45, 2.75) is 13.0 Å². The van der Waals surface area contributed by atoms with Crippen molar-refractivity contribution in [3.8, 4) is 5.82 Å². The molecule has 144 valence electrons. The normalized spacial score (nSPS) is 11.9. The lowest BCUT2D eigenvalue weighted by atomic mass is 10.1. The van der Waals surface area contributed by atoms with E-state index in [0.29, 0.717) is 33.1 Å². The summed E-state index contributed by atoms with van der Waals surface area (Å²) >= 11 is 7.69. The molecule has 0 fully saturated rings. The average Bonchev–Trinajstić information content (AvgIpc) is 3.22. The molecule has 0 unspecified atom stereocenters. The summed E-state index contributed by atoms with van der Waals surface area (Å²) in [5, 5.41) is 6.46. The molecule has 3 N–H and O–H groups in total. The van der Waals surface area contributed by atoms with Gasteiger partial charge in [0.25, 0.3) is 5.56 Å². The lowest BCUT2D eigenvalue weighted by Gasteiger charge is -2.21. The van der Waals surface area contributed by atoms with E-state index in [0.717, 1.165) is 0 Å². The van der Waals surface area contributed by atoms with E-state index in [4.69, 9.17) is 23.9 Å². The van der Waals surface area contributed by atoms with Gasteiger partial charge in [-0.05, 0) is 24.4 Å². The SMILES string of the molecule is [C-]#[N+]c1cnc(N)nc1N[C@@H](C)c1cc2cccc(Cl)c2c(=O)n1-c1cscn1. The molecule has 0 aliphatic rings. The predicted octanol–water partition coefficient (Wildman–Crippen LogP) is 4.20. The predicted molar refractivity (Wildman–Crippen MR) is 115 cm³/mol. The molecule has 0 spiro atoms. The Labute approximate surface area is 174 Å². The van der Waals surface area contributed by atoms with E-state index in [1.165, 1.54) is 22.1 Å². The number of nitrogens with one attached hydrogen (secondary N) is 1. The summed E-state index contributed by atoms with van der Waals surface area (Å²) in [7, 11) is 0. The fourth-order valence-electron chi connectivity index (χ4n) is 3.07. The van der Waals surface area contributed by atoms with Gasteiger partial charge in [0.1, 0.15) is 5.82 Å². The zero-order valence-corrected chi connectivity index (χ0v) is 16.7. The zero-order valence-electron chi connectivity index (χ0n) is 15.1. The van der Waals surface area contributed by atoms with Crippen LogP contribution in [0.15, 0.2) is 46.1 Å². The molecule has 0 aliphatic carbocycles. The topological polar surface area (TPSA) is 103 Å². The Morgan fingerprint density at radius 3 is 2.93 bits per heavy atom. The van der Waals surface area contributed by atoms with Gasteiger partial charge < -0.3 is 11.1 Å². The van der Waals surface area contributed by atoms with Gasteiger partial charge >= 0.3 is 0 Å². The van der Waals surface area contributed by atoms with Crippen molar-refractivity contribution in [3.63, 3.8) is 0 Å². The lowest BCUT2D eigenvalue weighted by molar-refractivity contribution is 0.765. The van der Waals surface area contributed by atoms with E-state index in [2.05, 4.69) is 25.1 Å². The van der Waals surface area contributed by atoms with E-state index in [1.54, 1.807) is 23.0 Å². The minimum absolute atomic E-state index is 0.0503. The number of aromatic nitrogens is 4. The first-order valence-corrected chi connectivity index (χ1v) is 9.81. The fourth-order valence-corrected chi connectivity index (χ4v) is 3.85. The smallest absolute Gasteiger partial charge is 0.265 e. The molecular formula is C19H14ClN7OS. The molecule has 0 saturated heterocycles. The van der Waals surface area contributed by atoms with E-state index < -0.39 is 6.04 Å². The second-order valence-corrected chi connectivity index (χ2v) is 7.33. The highest BCUT2D eigenvalue weighted by atomic mass is 35.5. The molecule has 3 aromatic heterocycles. The Balaban J connectivity index is 1.91. The molecule has 0 amide bonds. The van der Waals surface area contributed by atoms with Crippen LogP contribution < -0.4 is 16.6 Å². The van der Waals surface area contributed by atoms with Gasteiger partial charge in [-0.3, -0.25) is 9.36 Å². The summed E-state index contributed by atoms with van der Waals surface area (Å²) in [6.45, 7) is 9.17. The highest BCUT2D eigenvalue weighted by molar-refractivity contribution is 7.07. The molecule has 0 saturated carbocycles. The van der Waals surface area contributed by atoms with Crippen LogP contribution in [0.3, 0.4) is 0 Å². The van der Waals surface area contributed by atoms with Gasteiger partial charge in [0.05, 0.1) is 34.2 Å². The van der Waals surface area contributed by atoms with Crippen molar-refractivity contribution in [2.24, 2.45) is 0 Å². The Morgan fingerprint density at radius 2 is 2.21 bits per heavy atom. The number of fused-ring (bicyclic) bond motifs is 1. The summed E-state index contributed by atoms with van der Waals surface area (Å²) in [5.74, 6) is 0.843. The van der Waals surface area contributed by atoms with Crippen LogP contribution >= 0.6 is 22.9 Å². The van der Waals surface area contributed by atoms with Gasteiger partial charge in [0.2, 0.25) is 11.6 Å². The first-order chi connectivity index (χ1) is 14.0. The van der Waals surface area contributed by atoms with Crippen LogP contribution in [0, 0.1) is 6.57 Å². The van der Waals surface area contributed by atoms with Crippen molar-refractivity contribution in [1.29, 1.82) is 0 Å². The summed E-state index contributed by atoms with van der Waals surface area (Å²) in [6, 6.07) is 6.78. The maximum Gasteiger partial charge on any atom is 0.265 e. The van der Waals surface area contributed by atoms with Crippen molar-refractivity contribution in [1.82, 2.24) is 19.5 Å². The van der Waals surface area contributed by atoms with E-state index >= 15 is 0 Å². The van der Waals surface area contributed by atoms with Gasteiger partial charge in [-0.15, -0.1) is 11.3 Å². The molecule has 1 atom stereocenters. The van der Waals surface area contributed by atoms with E-state index in [9.17, 15) is 4.79 Å². The van der Waals surface area contributed by atoms with Crippen molar-refractivity contribution < 1.29 is 0 Å². The molecule has 8 nitrogen and oxygen atoms in total. The van der Waals surface area contributed by atoms with Crippen molar-refractivity contribution in [2.75, 3.05) is 11.1 Å². The maximum atomic E-state index is 13.3. The molecule has 4 aromatic rings. The number of rotatable bonds is 4. The number of benzene rings is 1. The van der Waals surface area contributed by atoms with Crippen LogP contribution in [0.1, 0.15) is 18.7 Å². The molecule has 0 radical (unpaired) electrons. The van der Waals surface area contributed by atoms with Gasteiger partial charge in [0.15, 0.2) is 5.82 Å². The number of anilines is 2. The van der Waals surface area contributed by atoms with Gasteiger partial charge in [-0.1, -0.05) is 23.7 Å². The number of nitrogen functional groups attached to an aromatic ring is 1. The number of nitrogens with zero attached hydrogens (tertiary/aromatic N) is 5. The Kier molecular flexibility index (Phi) is 4.88. The standard InChI is InChI=1S/C19H14ClN7OS/c1-10(25-17-13(22-2)7-23-19(21)26-17)14-6-11-4-3-5-12(20)16(11)18(28)27(14)15-8-29-9-24-15/h3-10H,1H3,(H3,21,23,25,26)/t10-/m0/s1. The third-order valence-corrected chi connectivity index (χ3v) is 5.27. The molecule has 3 heterocycles. The lowest BCUT2D eigenvalue weighted by Crippen LogP contribution is -2.26. The first kappa shape index (κ1) is 18.9. The number of halogens is 1. The zero-order chi connectivity index (χ0) is 20.5. The van der Waals surface area contributed by atoms with Crippen molar-refractivity contribution in [3.05, 3.63) is 73.8 Å². The van der Waals surface area contributed by atoms with Crippen LogP contribution in [0.2, 0.25) is 5.02 Å². The average molecular weight is 424 g/mol. The molecule has 29 heavy (non-hydrogen) atoms. The van der Waals surface area contributed by atoms with Gasteiger partial charge in [-0.25, -0.2) is 19.8 Å². The molecular weight excluding hydrogens is 410 g/mol. The quantitative estimate of drug-likeness (QED) is 0.477. The van der Waals surface area contributed by atoms with Gasteiger partial charge in [-0.2, -0.15) is 0 Å². The largest absolute Gasteiger partial charge is 0.371 e. The number of hydrogen-bond donors (Lipinski definition) is 2. The van der Waals surface area contributed by atoms with Crippen LogP contribution in [0.4, 0.5) is 17.5 Å². The second-order valence-electron chi connectivity index (χ2n) is 6.20. The first-order valence-electron chi connectivity index (χ1n) is 8.49. The highest BCUT2D eigenvalue weighted by Gasteiger charge is 2.20. The Hall–Kier alpha value is -3.48. The molecule has 10 heteroatoms. The number of thiazole rings is 1. The van der Waals surface area contributed by atoms with E-state index in [1.807, 2.05) is 19.1 Å². The van der Waals surface area contributed by atoms with Crippen molar-refractivity contribution >= 4 is 51.2 Å². The summed E-state index contributed by atoms with van der Waals surface area (Å²) < 4.78 is 1.52. The monoisotopic (exact) mass is 423 g/mol. The molecule has 4 rings (SSSR count). The van der Waals surface area contributed by atoms with Crippen LogP contribution in [-0.2, 0) is 0 Å². The highest BCUT2D eigenvalue weighted by Crippen LogP contribution is 2.29. The molecule has 0 bridgehead atoms. The van der Waals surface area contributed by atoms with Crippen LogP contribution in [-0.4, -0.2) is 19.5 Å². The maximum absolute atomic E-state index is 13.3. The summed E-state index contributed by atoms with van der Waals surface area (Å²) in [4.78, 5) is 29.0. The summed E-state index contributed by atoms with van der Waals surface area (Å²) in [6.07, 6.45) is 1.36. The molecule has 0 aliphatic heterocycles. The number of pyridine rings is 1. The second kappa shape index (κ2) is 7.50. The minimum atomic E-state index is -0.400. The van der Waals surface area contributed by atoms with Crippen LogP contribution in [0.5, 0.6) is 0 Å². The minimum Gasteiger partial charge on any atom is -0.371 e. The third kappa shape index (κ3) is 3.40. The Bertz CT molecular complexity index is 1310. The Morgan fingerprint density at radius 1 is 1.38 bits per heavy atom. The number of hydrogen-bond acceptors (Lipinski definition) is 7. The summed E-state index contributed by atoms with van der Waals surface area (Å²) in [5.41, 5.74) is 7.94.